The predicted molar refractivity (Wildman–Crippen MR) is 125 cm³/mol. The van der Waals surface area contributed by atoms with Crippen LogP contribution in [0.2, 0.25) is 0 Å². The Bertz CT molecular complexity index is 1100. The average molecular weight is 416 g/mol. The van der Waals surface area contributed by atoms with Crippen molar-refractivity contribution >= 4 is 10.9 Å². The Labute approximate surface area is 183 Å². The van der Waals surface area contributed by atoms with Crippen LogP contribution in [0.1, 0.15) is 31.4 Å². The third-order valence-corrected chi connectivity index (χ3v) is 5.57. The fourth-order valence-electron chi connectivity index (χ4n) is 3.96. The quantitative estimate of drug-likeness (QED) is 0.301. The van der Waals surface area contributed by atoms with Gasteiger partial charge in [-0.3, -0.25) is 4.98 Å². The van der Waals surface area contributed by atoms with Crippen LogP contribution in [-0.2, 0) is 13.1 Å². The summed E-state index contributed by atoms with van der Waals surface area (Å²) in [4.78, 5) is 4.33. The number of hydrogen-bond acceptors (Lipinski definition) is 4. The molecule has 2 aromatic carbocycles. The molecule has 31 heavy (non-hydrogen) atoms. The molecule has 0 unspecified atom stereocenters. The highest BCUT2D eigenvalue weighted by Gasteiger charge is 2.11. The zero-order chi connectivity index (χ0) is 21.5. The third kappa shape index (κ3) is 5.44. The second kappa shape index (κ2) is 10.1. The number of rotatable bonds is 10. The normalized spacial score (nSPS) is 11.2. The maximum Gasteiger partial charge on any atom is 0.116 e. The van der Waals surface area contributed by atoms with Gasteiger partial charge < -0.3 is 20.1 Å². The molecule has 0 fully saturated rings. The van der Waals surface area contributed by atoms with Crippen LogP contribution in [0.15, 0.2) is 72.9 Å². The number of fused-ring (bicyclic) bond motifs is 1. The van der Waals surface area contributed by atoms with Crippen molar-refractivity contribution in [2.24, 2.45) is 0 Å². The first-order chi connectivity index (χ1) is 15.2. The molecule has 2 heterocycles. The average Bonchev–Trinajstić information content (AvgIpc) is 3.14. The Balaban J connectivity index is 1.32. The van der Waals surface area contributed by atoms with Crippen LogP contribution in [0, 0.1) is 0 Å². The molecule has 5 heteroatoms. The summed E-state index contributed by atoms with van der Waals surface area (Å²) in [6.45, 7) is 2.74. The van der Waals surface area contributed by atoms with Gasteiger partial charge in [0.25, 0.3) is 0 Å². The number of pyridine rings is 1. The second-order valence-corrected chi connectivity index (χ2v) is 7.88. The van der Waals surface area contributed by atoms with Crippen molar-refractivity contribution in [2.45, 2.75) is 38.8 Å². The molecule has 4 aromatic rings. The molecule has 0 saturated heterocycles. The van der Waals surface area contributed by atoms with Gasteiger partial charge >= 0.3 is 0 Å². The van der Waals surface area contributed by atoms with Gasteiger partial charge in [-0.05, 0) is 85.6 Å². The summed E-state index contributed by atoms with van der Waals surface area (Å²) < 4.78 is 2.32. The van der Waals surface area contributed by atoms with Crippen LogP contribution >= 0.6 is 0 Å². The number of nitrogens with one attached hydrogen (secondary N) is 1. The molecule has 0 atom stereocenters. The highest BCUT2D eigenvalue weighted by atomic mass is 16.3. The molecule has 0 saturated carbocycles. The van der Waals surface area contributed by atoms with E-state index >= 15 is 0 Å². The topological polar surface area (TPSA) is 70.3 Å². The molecule has 3 N–H and O–H groups in total. The lowest BCUT2D eigenvalue weighted by Crippen LogP contribution is -2.15. The molecule has 5 nitrogen and oxygen atoms in total. The Morgan fingerprint density at radius 1 is 0.806 bits per heavy atom. The van der Waals surface area contributed by atoms with Gasteiger partial charge in [-0.2, -0.15) is 0 Å². The molecule has 160 valence electrons. The predicted octanol–water partition coefficient (Wildman–Crippen LogP) is 5.46. The Morgan fingerprint density at radius 3 is 2.42 bits per heavy atom. The summed E-state index contributed by atoms with van der Waals surface area (Å²) in [5.74, 6) is 0.542. The molecular weight excluding hydrogens is 386 g/mol. The van der Waals surface area contributed by atoms with E-state index in [9.17, 15) is 10.2 Å². The van der Waals surface area contributed by atoms with Gasteiger partial charge in [-0.1, -0.05) is 18.9 Å². The van der Waals surface area contributed by atoms with E-state index in [1.807, 2.05) is 48.7 Å². The van der Waals surface area contributed by atoms with Crippen molar-refractivity contribution in [3.8, 4) is 22.8 Å². The van der Waals surface area contributed by atoms with Gasteiger partial charge in [-0.25, -0.2) is 0 Å². The molecule has 4 rings (SSSR count). The largest absolute Gasteiger partial charge is 0.508 e. The van der Waals surface area contributed by atoms with Crippen molar-refractivity contribution in [2.75, 3.05) is 6.54 Å². The van der Waals surface area contributed by atoms with Gasteiger partial charge in [0.1, 0.15) is 11.5 Å². The van der Waals surface area contributed by atoms with Crippen LogP contribution in [0.25, 0.3) is 22.2 Å². The first-order valence-corrected chi connectivity index (χ1v) is 10.9. The first-order valence-electron chi connectivity index (χ1n) is 10.9. The number of phenols is 2. The van der Waals surface area contributed by atoms with E-state index < -0.39 is 0 Å². The van der Waals surface area contributed by atoms with E-state index in [1.165, 1.54) is 6.42 Å². The number of benzene rings is 2. The smallest absolute Gasteiger partial charge is 0.116 e. The van der Waals surface area contributed by atoms with Crippen molar-refractivity contribution in [3.05, 3.63) is 78.6 Å². The molecule has 0 aliphatic heterocycles. The summed E-state index contributed by atoms with van der Waals surface area (Å²) in [6.07, 6.45) is 6.42. The van der Waals surface area contributed by atoms with E-state index in [4.69, 9.17) is 0 Å². The van der Waals surface area contributed by atoms with Crippen molar-refractivity contribution in [1.82, 2.24) is 14.9 Å². The van der Waals surface area contributed by atoms with E-state index in [-0.39, 0.29) is 11.5 Å². The summed E-state index contributed by atoms with van der Waals surface area (Å²) in [6, 6.07) is 20.9. The molecule has 0 bridgehead atoms. The summed E-state index contributed by atoms with van der Waals surface area (Å²) in [5.41, 5.74) is 4.37. The number of nitrogens with zero attached hydrogens (tertiary/aromatic N) is 2. The lowest BCUT2D eigenvalue weighted by Gasteiger charge is -2.11. The number of phenolic OH excluding ortho intramolecular Hbond substituents is 2. The maximum atomic E-state index is 9.87. The zero-order valence-electron chi connectivity index (χ0n) is 17.7. The van der Waals surface area contributed by atoms with Gasteiger partial charge in [-0.15, -0.1) is 0 Å². The number of aromatic nitrogens is 2. The van der Waals surface area contributed by atoms with Crippen LogP contribution in [0.5, 0.6) is 11.5 Å². The monoisotopic (exact) mass is 415 g/mol. The fourth-order valence-corrected chi connectivity index (χ4v) is 3.96. The van der Waals surface area contributed by atoms with E-state index in [1.54, 1.807) is 18.2 Å². The van der Waals surface area contributed by atoms with Crippen LogP contribution in [-0.4, -0.2) is 26.3 Å². The molecule has 0 amide bonds. The minimum absolute atomic E-state index is 0.265. The van der Waals surface area contributed by atoms with Gasteiger partial charge in [0.2, 0.25) is 0 Å². The second-order valence-electron chi connectivity index (χ2n) is 7.88. The maximum absolute atomic E-state index is 9.87. The van der Waals surface area contributed by atoms with E-state index in [0.717, 1.165) is 66.8 Å². The third-order valence-electron chi connectivity index (χ3n) is 5.57. The Hall–Kier alpha value is -3.31. The fraction of sp³-hybridized carbons (Fsp3) is 0.269. The highest BCUT2D eigenvalue weighted by Crippen LogP contribution is 2.31. The lowest BCUT2D eigenvalue weighted by molar-refractivity contribution is 0.475. The molecular formula is C26H29N3O2. The molecule has 0 aliphatic rings. The Kier molecular flexibility index (Phi) is 6.85. The summed E-state index contributed by atoms with van der Waals surface area (Å²) in [5, 5.41) is 24.0. The van der Waals surface area contributed by atoms with E-state index in [2.05, 4.69) is 20.9 Å². The highest BCUT2D eigenvalue weighted by molar-refractivity contribution is 5.88. The molecule has 0 aliphatic carbocycles. The lowest BCUT2D eigenvalue weighted by atomic mass is 10.1. The van der Waals surface area contributed by atoms with Crippen LogP contribution in [0.4, 0.5) is 0 Å². The standard InChI is InChI=1S/C26H29N3O2/c30-23-10-8-20(9-11-23)26-18-21-17-24(31)12-13-25(21)29(26)16-6-2-1-4-14-27-19-22-7-3-5-15-28-22/h3,5,7-13,15,17-18,27,30-31H,1-2,4,6,14,16,19H2. The summed E-state index contributed by atoms with van der Waals surface area (Å²) in [7, 11) is 0. The number of aromatic hydroxyl groups is 2. The van der Waals surface area contributed by atoms with Gasteiger partial charge in [0, 0.05) is 35.9 Å². The number of unbranched alkanes of at least 4 members (excludes halogenated alkanes) is 3. The summed E-state index contributed by atoms with van der Waals surface area (Å²) >= 11 is 0. The van der Waals surface area contributed by atoms with E-state index in [0.29, 0.717) is 0 Å². The van der Waals surface area contributed by atoms with Crippen molar-refractivity contribution < 1.29 is 10.2 Å². The molecule has 0 spiro atoms. The molecule has 2 aromatic heterocycles. The van der Waals surface area contributed by atoms with Gasteiger partial charge in [0.15, 0.2) is 0 Å². The minimum Gasteiger partial charge on any atom is -0.508 e. The number of aryl methyl sites for hydroxylation is 1. The number of hydrogen-bond donors (Lipinski definition) is 3. The zero-order valence-corrected chi connectivity index (χ0v) is 17.7. The Morgan fingerprint density at radius 2 is 1.61 bits per heavy atom. The van der Waals surface area contributed by atoms with Gasteiger partial charge in [0.05, 0.1) is 5.69 Å². The first kappa shape index (κ1) is 20.9. The van der Waals surface area contributed by atoms with Crippen LogP contribution in [0.3, 0.4) is 0 Å². The van der Waals surface area contributed by atoms with Crippen molar-refractivity contribution in [3.63, 3.8) is 0 Å². The SMILES string of the molecule is Oc1ccc(-c2cc3cc(O)ccc3n2CCCCCCNCc2ccccn2)cc1. The molecule has 0 radical (unpaired) electrons. The minimum atomic E-state index is 0.265. The van der Waals surface area contributed by atoms with Crippen molar-refractivity contribution in [1.29, 1.82) is 0 Å². The van der Waals surface area contributed by atoms with Crippen LogP contribution < -0.4 is 5.32 Å².